The molecule has 2 amide bonds. The van der Waals surface area contributed by atoms with Crippen LogP contribution in [0.4, 0.5) is 16.2 Å². The molecular weight excluding hydrogens is 422 g/mol. The zero-order chi connectivity index (χ0) is 23.8. The Morgan fingerprint density at radius 1 is 1.27 bits per heavy atom. The second-order valence-electron chi connectivity index (χ2n) is 9.27. The lowest BCUT2D eigenvalue weighted by Crippen LogP contribution is -2.45. The van der Waals surface area contributed by atoms with Crippen molar-refractivity contribution in [3.05, 3.63) is 59.9 Å². The molecule has 174 valence electrons. The first kappa shape index (κ1) is 22.6. The molecule has 0 spiro atoms. The molecule has 0 bridgehead atoms. The molecule has 1 aromatic carbocycles. The van der Waals surface area contributed by atoms with E-state index >= 15 is 0 Å². The minimum atomic E-state index is -0.849. The Labute approximate surface area is 191 Å². The normalized spacial score (nSPS) is 21.6. The number of carbonyl (C=O) groups is 2. The molecule has 1 fully saturated rings. The molecule has 3 aromatic rings. The molecule has 9 heteroatoms. The van der Waals surface area contributed by atoms with Gasteiger partial charge in [0.25, 0.3) is 5.91 Å². The average Bonchev–Trinajstić information content (AvgIpc) is 3.26. The van der Waals surface area contributed by atoms with Gasteiger partial charge in [-0.05, 0) is 31.4 Å². The van der Waals surface area contributed by atoms with Crippen LogP contribution in [0.1, 0.15) is 49.5 Å². The number of primary amides is 1. The molecule has 2 aromatic heterocycles. The van der Waals surface area contributed by atoms with E-state index in [0.717, 1.165) is 12.0 Å². The Morgan fingerprint density at radius 3 is 2.64 bits per heavy atom. The zero-order valence-electron chi connectivity index (χ0n) is 19.0. The van der Waals surface area contributed by atoms with Crippen molar-refractivity contribution in [3.63, 3.8) is 0 Å². The molecule has 0 radical (unpaired) electrons. The summed E-state index contributed by atoms with van der Waals surface area (Å²) in [5.41, 5.74) is 6.99. The number of nitrogens with two attached hydrogens (primary N) is 1. The highest BCUT2D eigenvalue weighted by Crippen LogP contribution is 2.47. The summed E-state index contributed by atoms with van der Waals surface area (Å²) >= 11 is 0. The van der Waals surface area contributed by atoms with Gasteiger partial charge in [0.15, 0.2) is 0 Å². The van der Waals surface area contributed by atoms with Gasteiger partial charge in [-0.25, -0.2) is 9.31 Å². The highest BCUT2D eigenvalue weighted by Gasteiger charge is 2.50. The van der Waals surface area contributed by atoms with Crippen LogP contribution < -0.4 is 16.4 Å². The molecule has 33 heavy (non-hydrogen) atoms. The Hall–Kier alpha value is -3.59. The lowest BCUT2D eigenvalue weighted by molar-refractivity contribution is -0.0283. The van der Waals surface area contributed by atoms with Crippen molar-refractivity contribution in [1.82, 2.24) is 9.61 Å². The van der Waals surface area contributed by atoms with E-state index in [4.69, 9.17) is 10.5 Å². The quantitative estimate of drug-likeness (QED) is 0.453. The van der Waals surface area contributed by atoms with Crippen molar-refractivity contribution < 1.29 is 19.4 Å². The first-order valence-electron chi connectivity index (χ1n) is 10.9. The van der Waals surface area contributed by atoms with Crippen LogP contribution in [0.5, 0.6) is 0 Å². The molecule has 1 aliphatic carbocycles. The standard InChI is InChI=1S/C24H29N5O4/c1-23(2)19(9-10-24(23,3)32)28-20-17(21(25)30)12-26-29-13-16(11-18(20)29)27-22(31)33-14-15-7-5-4-6-8-15/h4-8,11-13,19,28,32H,9-10,14H2,1-3H3,(H2,25,30)(H,27,31)/t19-,24-/m1/s1. The number of hydrogen-bond donors (Lipinski definition) is 4. The molecule has 1 saturated carbocycles. The number of hydrogen-bond acceptors (Lipinski definition) is 6. The molecule has 4 rings (SSSR count). The number of aliphatic hydroxyl groups is 1. The highest BCUT2D eigenvalue weighted by molar-refractivity contribution is 6.02. The monoisotopic (exact) mass is 451 g/mol. The van der Waals surface area contributed by atoms with Gasteiger partial charge in [-0.2, -0.15) is 5.10 Å². The first-order chi connectivity index (χ1) is 15.6. The number of nitrogens with one attached hydrogen (secondary N) is 2. The van der Waals surface area contributed by atoms with Crippen LogP contribution in [0.25, 0.3) is 5.52 Å². The summed E-state index contributed by atoms with van der Waals surface area (Å²) in [5.74, 6) is -0.618. The van der Waals surface area contributed by atoms with E-state index in [1.54, 1.807) is 16.8 Å². The molecule has 0 saturated heterocycles. The topological polar surface area (TPSA) is 131 Å². The van der Waals surface area contributed by atoms with Crippen molar-refractivity contribution in [1.29, 1.82) is 0 Å². The number of fused-ring (bicyclic) bond motifs is 1. The predicted molar refractivity (Wildman–Crippen MR) is 125 cm³/mol. The molecule has 9 nitrogen and oxygen atoms in total. The number of benzene rings is 1. The third-order valence-corrected chi connectivity index (χ3v) is 6.86. The number of ether oxygens (including phenoxy) is 1. The molecule has 2 atom stereocenters. The number of rotatable bonds is 6. The van der Waals surface area contributed by atoms with Gasteiger partial charge >= 0.3 is 6.09 Å². The van der Waals surface area contributed by atoms with Gasteiger partial charge in [0.1, 0.15) is 6.61 Å². The summed E-state index contributed by atoms with van der Waals surface area (Å²) in [6, 6.07) is 11.0. The van der Waals surface area contributed by atoms with Crippen LogP contribution in [0.2, 0.25) is 0 Å². The van der Waals surface area contributed by atoms with E-state index in [1.807, 2.05) is 51.1 Å². The van der Waals surface area contributed by atoms with E-state index in [0.29, 0.717) is 23.3 Å². The Kier molecular flexibility index (Phi) is 5.75. The summed E-state index contributed by atoms with van der Waals surface area (Å²) in [7, 11) is 0. The Bertz CT molecular complexity index is 1190. The molecule has 1 aliphatic rings. The van der Waals surface area contributed by atoms with E-state index in [1.165, 1.54) is 6.20 Å². The fourth-order valence-electron chi connectivity index (χ4n) is 4.25. The van der Waals surface area contributed by atoms with Crippen LogP contribution in [0, 0.1) is 5.41 Å². The van der Waals surface area contributed by atoms with Crippen LogP contribution in [-0.2, 0) is 11.3 Å². The maximum Gasteiger partial charge on any atom is 0.412 e. The summed E-state index contributed by atoms with van der Waals surface area (Å²) in [4.78, 5) is 24.4. The fourth-order valence-corrected chi connectivity index (χ4v) is 4.25. The van der Waals surface area contributed by atoms with Gasteiger partial charge in [-0.3, -0.25) is 10.1 Å². The smallest absolute Gasteiger partial charge is 0.412 e. The minimum Gasteiger partial charge on any atom is -0.444 e. The molecular formula is C24H29N5O4. The summed E-state index contributed by atoms with van der Waals surface area (Å²) in [6.45, 7) is 5.96. The third kappa shape index (κ3) is 4.36. The molecule has 0 unspecified atom stereocenters. The van der Waals surface area contributed by atoms with Crippen LogP contribution in [0.3, 0.4) is 0 Å². The highest BCUT2D eigenvalue weighted by atomic mass is 16.5. The van der Waals surface area contributed by atoms with E-state index < -0.39 is 23.0 Å². The van der Waals surface area contributed by atoms with Crippen LogP contribution >= 0.6 is 0 Å². The number of amides is 2. The van der Waals surface area contributed by atoms with Gasteiger partial charge in [0, 0.05) is 11.5 Å². The second-order valence-corrected chi connectivity index (χ2v) is 9.27. The van der Waals surface area contributed by atoms with Gasteiger partial charge in [0.05, 0.1) is 40.4 Å². The Morgan fingerprint density at radius 2 is 2.00 bits per heavy atom. The minimum absolute atomic E-state index is 0.0982. The summed E-state index contributed by atoms with van der Waals surface area (Å²) in [5, 5.41) is 21.2. The van der Waals surface area contributed by atoms with Gasteiger partial charge in [-0.15, -0.1) is 0 Å². The number of carbonyl (C=O) groups excluding carboxylic acids is 2. The van der Waals surface area contributed by atoms with Gasteiger partial charge in [-0.1, -0.05) is 44.2 Å². The Balaban J connectivity index is 1.58. The summed E-state index contributed by atoms with van der Waals surface area (Å²) < 4.78 is 6.84. The summed E-state index contributed by atoms with van der Waals surface area (Å²) in [6.07, 6.45) is 3.78. The molecule has 0 aliphatic heterocycles. The second kappa shape index (κ2) is 8.40. The van der Waals surface area contributed by atoms with Crippen LogP contribution in [0.15, 0.2) is 48.8 Å². The van der Waals surface area contributed by atoms with E-state index in [-0.39, 0.29) is 18.2 Å². The van der Waals surface area contributed by atoms with E-state index in [2.05, 4.69) is 15.7 Å². The largest absolute Gasteiger partial charge is 0.444 e. The van der Waals surface area contributed by atoms with Crippen LogP contribution in [-0.4, -0.2) is 38.4 Å². The first-order valence-corrected chi connectivity index (χ1v) is 10.9. The van der Waals surface area contributed by atoms with E-state index in [9.17, 15) is 14.7 Å². The van der Waals surface area contributed by atoms with Crippen molar-refractivity contribution >= 4 is 28.9 Å². The number of nitrogens with zero attached hydrogens (tertiary/aromatic N) is 2. The van der Waals surface area contributed by atoms with Crippen molar-refractivity contribution in [2.75, 3.05) is 10.6 Å². The van der Waals surface area contributed by atoms with Gasteiger partial charge in [0.2, 0.25) is 0 Å². The molecule has 2 heterocycles. The third-order valence-electron chi connectivity index (χ3n) is 6.86. The van der Waals surface area contributed by atoms with Crippen molar-refractivity contribution in [2.45, 2.75) is 51.9 Å². The maximum absolute atomic E-state index is 12.3. The number of anilines is 2. The molecule has 5 N–H and O–H groups in total. The zero-order valence-corrected chi connectivity index (χ0v) is 19.0. The fraction of sp³-hybridized carbons (Fsp3) is 0.375. The predicted octanol–water partition coefficient (Wildman–Crippen LogP) is 3.53. The average molecular weight is 452 g/mol. The lowest BCUT2D eigenvalue weighted by Gasteiger charge is -2.38. The SMILES string of the molecule is CC1(C)[C@H](Nc2c(C(N)=O)cnn3cc(NC(=O)OCc4ccccc4)cc23)CC[C@@]1(C)O. The van der Waals surface area contributed by atoms with Crippen molar-refractivity contribution in [3.8, 4) is 0 Å². The lowest BCUT2D eigenvalue weighted by atomic mass is 9.76. The maximum atomic E-state index is 12.3. The van der Waals surface area contributed by atoms with Gasteiger partial charge < -0.3 is 20.9 Å². The van der Waals surface area contributed by atoms with Crippen molar-refractivity contribution in [2.24, 2.45) is 11.1 Å². The number of aromatic nitrogens is 2.